The Morgan fingerprint density at radius 3 is 2.75 bits per heavy atom. The van der Waals surface area contributed by atoms with Gasteiger partial charge < -0.3 is 9.67 Å². The number of benzene rings is 1. The number of halogens is 1. The summed E-state index contributed by atoms with van der Waals surface area (Å²) in [7, 11) is 3.97. The summed E-state index contributed by atoms with van der Waals surface area (Å²) in [6.07, 6.45) is 3.70. The number of nitrogens with zero attached hydrogens (tertiary/aromatic N) is 3. The molecule has 1 N–H and O–H groups in total. The Kier molecular flexibility index (Phi) is 4.57. The lowest BCUT2D eigenvalue weighted by Crippen LogP contribution is -2.19. The molecule has 1 heterocycles. The molecule has 0 saturated carbocycles. The topological polar surface area (TPSA) is 58.4 Å². The van der Waals surface area contributed by atoms with Gasteiger partial charge in [0.25, 0.3) is 0 Å². The molecule has 0 fully saturated rings. The van der Waals surface area contributed by atoms with Crippen molar-refractivity contribution in [1.82, 2.24) is 14.5 Å². The first kappa shape index (κ1) is 14.7. The van der Waals surface area contributed by atoms with Crippen molar-refractivity contribution in [1.29, 1.82) is 0 Å². The van der Waals surface area contributed by atoms with Crippen LogP contribution in [-0.2, 0) is 20.1 Å². The maximum Gasteiger partial charge on any atom is 0.335 e. The van der Waals surface area contributed by atoms with E-state index in [4.69, 9.17) is 5.11 Å². The highest BCUT2D eigenvalue weighted by molar-refractivity contribution is 9.10. The van der Waals surface area contributed by atoms with Crippen molar-refractivity contribution in [2.75, 3.05) is 7.05 Å². The lowest BCUT2D eigenvalue weighted by Gasteiger charge is -2.17. The molecule has 0 aliphatic carbocycles. The summed E-state index contributed by atoms with van der Waals surface area (Å²) in [5, 5.41) is 8.94. The number of carboxylic acid groups (broad SMARTS) is 1. The van der Waals surface area contributed by atoms with E-state index in [9.17, 15) is 4.79 Å². The summed E-state index contributed by atoms with van der Waals surface area (Å²) in [5.74, 6) is 0.0735. The van der Waals surface area contributed by atoms with Crippen LogP contribution in [0.25, 0.3) is 0 Å². The Balaban J connectivity index is 2.06. The van der Waals surface area contributed by atoms with Gasteiger partial charge in [0.1, 0.15) is 5.82 Å². The lowest BCUT2D eigenvalue weighted by molar-refractivity contribution is 0.0697. The van der Waals surface area contributed by atoms with Gasteiger partial charge in [0, 0.05) is 30.5 Å². The second-order valence-electron chi connectivity index (χ2n) is 4.74. The fraction of sp³-hybridized carbons (Fsp3) is 0.286. The number of carboxylic acids is 1. The van der Waals surface area contributed by atoms with Crippen molar-refractivity contribution >= 4 is 21.9 Å². The van der Waals surface area contributed by atoms with Crippen molar-refractivity contribution in [3.05, 3.63) is 52.0 Å². The number of carbonyl (C=O) groups is 1. The van der Waals surface area contributed by atoms with Crippen LogP contribution in [0.3, 0.4) is 0 Å². The van der Waals surface area contributed by atoms with Gasteiger partial charge in [-0.2, -0.15) is 0 Å². The molecular formula is C14H16BrN3O2. The van der Waals surface area contributed by atoms with Crippen LogP contribution >= 0.6 is 15.9 Å². The molecule has 1 aromatic heterocycles. The number of aryl methyl sites for hydroxylation is 1. The van der Waals surface area contributed by atoms with Crippen molar-refractivity contribution < 1.29 is 9.90 Å². The van der Waals surface area contributed by atoms with Crippen LogP contribution in [-0.4, -0.2) is 32.6 Å². The molecule has 2 aromatic rings. The standard InChI is InChI=1S/C14H16BrN3O2/c1-17(9-13-16-5-6-18(13)2)8-11-4-3-10(14(19)20)7-12(11)15/h3-7H,8-9H2,1-2H3,(H,19,20). The van der Waals surface area contributed by atoms with E-state index in [0.29, 0.717) is 6.54 Å². The Morgan fingerprint density at radius 1 is 1.45 bits per heavy atom. The second-order valence-corrected chi connectivity index (χ2v) is 5.59. The Labute approximate surface area is 126 Å². The smallest absolute Gasteiger partial charge is 0.335 e. The second kappa shape index (κ2) is 6.19. The van der Waals surface area contributed by atoms with Gasteiger partial charge in [-0.3, -0.25) is 4.90 Å². The minimum Gasteiger partial charge on any atom is -0.478 e. The molecule has 0 radical (unpaired) electrons. The first-order valence-electron chi connectivity index (χ1n) is 6.14. The molecule has 0 bridgehead atoms. The van der Waals surface area contributed by atoms with E-state index >= 15 is 0 Å². The summed E-state index contributed by atoms with van der Waals surface area (Å²) < 4.78 is 2.79. The number of imidazole rings is 1. The maximum absolute atomic E-state index is 10.9. The number of hydrogen-bond donors (Lipinski definition) is 1. The summed E-state index contributed by atoms with van der Waals surface area (Å²) in [4.78, 5) is 17.3. The normalized spacial score (nSPS) is 11.0. The molecule has 0 spiro atoms. The molecule has 0 saturated heterocycles. The van der Waals surface area contributed by atoms with E-state index in [1.54, 1.807) is 18.3 Å². The van der Waals surface area contributed by atoms with E-state index in [-0.39, 0.29) is 5.56 Å². The van der Waals surface area contributed by atoms with Crippen LogP contribution in [0, 0.1) is 0 Å². The first-order valence-corrected chi connectivity index (χ1v) is 6.93. The molecule has 0 aliphatic rings. The monoisotopic (exact) mass is 337 g/mol. The van der Waals surface area contributed by atoms with Gasteiger partial charge in [0.15, 0.2) is 0 Å². The molecular weight excluding hydrogens is 322 g/mol. The minimum atomic E-state index is -0.918. The highest BCUT2D eigenvalue weighted by Crippen LogP contribution is 2.20. The fourth-order valence-electron chi connectivity index (χ4n) is 1.95. The lowest BCUT2D eigenvalue weighted by atomic mass is 10.1. The van der Waals surface area contributed by atoms with E-state index in [2.05, 4.69) is 25.8 Å². The van der Waals surface area contributed by atoms with Crippen LogP contribution in [0.15, 0.2) is 35.1 Å². The maximum atomic E-state index is 10.9. The predicted octanol–water partition coefficient (Wildman–Crippen LogP) is 2.51. The molecule has 6 heteroatoms. The SMILES string of the molecule is CN(Cc1ccc(C(=O)O)cc1Br)Cc1nccn1C. The fourth-order valence-corrected chi connectivity index (χ4v) is 2.45. The average molecular weight is 338 g/mol. The quantitative estimate of drug-likeness (QED) is 0.910. The third-order valence-corrected chi connectivity index (χ3v) is 3.81. The third-order valence-electron chi connectivity index (χ3n) is 3.07. The summed E-state index contributed by atoms with van der Waals surface area (Å²) in [6, 6.07) is 5.09. The first-order chi connectivity index (χ1) is 9.47. The largest absolute Gasteiger partial charge is 0.478 e. The predicted molar refractivity (Wildman–Crippen MR) is 79.5 cm³/mol. The zero-order valence-corrected chi connectivity index (χ0v) is 13.0. The van der Waals surface area contributed by atoms with Crippen LogP contribution in [0.5, 0.6) is 0 Å². The Bertz CT molecular complexity index is 625. The van der Waals surface area contributed by atoms with Crippen LogP contribution in [0.2, 0.25) is 0 Å². The number of hydrogen-bond acceptors (Lipinski definition) is 3. The van der Waals surface area contributed by atoms with Crippen molar-refractivity contribution in [2.45, 2.75) is 13.1 Å². The molecule has 5 nitrogen and oxygen atoms in total. The highest BCUT2D eigenvalue weighted by Gasteiger charge is 2.10. The molecule has 2 rings (SSSR count). The minimum absolute atomic E-state index is 0.285. The Morgan fingerprint density at radius 2 is 2.20 bits per heavy atom. The number of aromatic carboxylic acids is 1. The average Bonchev–Trinajstić information content (AvgIpc) is 2.77. The molecule has 1 aromatic carbocycles. The molecule has 0 aliphatic heterocycles. The summed E-state index contributed by atoms with van der Waals surface area (Å²) in [6.45, 7) is 1.45. The van der Waals surface area contributed by atoms with Gasteiger partial charge in [-0.15, -0.1) is 0 Å². The molecule has 0 unspecified atom stereocenters. The summed E-state index contributed by atoms with van der Waals surface area (Å²) >= 11 is 3.43. The van der Waals surface area contributed by atoms with E-state index in [1.807, 2.05) is 30.9 Å². The highest BCUT2D eigenvalue weighted by atomic mass is 79.9. The number of rotatable bonds is 5. The van der Waals surface area contributed by atoms with Crippen LogP contribution in [0.4, 0.5) is 0 Å². The van der Waals surface area contributed by atoms with Crippen LogP contribution < -0.4 is 0 Å². The van der Waals surface area contributed by atoms with Gasteiger partial charge >= 0.3 is 5.97 Å². The van der Waals surface area contributed by atoms with Gasteiger partial charge in [0.2, 0.25) is 0 Å². The van der Waals surface area contributed by atoms with E-state index in [0.717, 1.165) is 22.4 Å². The van der Waals surface area contributed by atoms with Gasteiger partial charge in [0.05, 0.1) is 12.1 Å². The molecule has 20 heavy (non-hydrogen) atoms. The zero-order valence-electron chi connectivity index (χ0n) is 11.4. The van der Waals surface area contributed by atoms with Gasteiger partial charge in [-0.05, 0) is 24.7 Å². The van der Waals surface area contributed by atoms with E-state index in [1.165, 1.54) is 0 Å². The zero-order chi connectivity index (χ0) is 14.7. The molecule has 0 amide bonds. The molecule has 106 valence electrons. The van der Waals surface area contributed by atoms with E-state index < -0.39 is 5.97 Å². The van der Waals surface area contributed by atoms with Crippen molar-refractivity contribution in [3.8, 4) is 0 Å². The van der Waals surface area contributed by atoms with Crippen molar-refractivity contribution in [3.63, 3.8) is 0 Å². The van der Waals surface area contributed by atoms with Crippen molar-refractivity contribution in [2.24, 2.45) is 7.05 Å². The molecule has 0 atom stereocenters. The van der Waals surface area contributed by atoms with Gasteiger partial charge in [-0.25, -0.2) is 9.78 Å². The number of aromatic nitrogens is 2. The Hall–Kier alpha value is -1.66. The summed E-state index contributed by atoms with van der Waals surface area (Å²) in [5.41, 5.74) is 1.33. The third kappa shape index (κ3) is 3.46. The van der Waals surface area contributed by atoms with Crippen LogP contribution in [0.1, 0.15) is 21.7 Å². The van der Waals surface area contributed by atoms with Gasteiger partial charge in [-0.1, -0.05) is 22.0 Å².